The van der Waals surface area contributed by atoms with Crippen LogP contribution < -0.4 is 11.1 Å². The molecular weight excluding hydrogens is 284 g/mol. The van der Waals surface area contributed by atoms with E-state index in [1.54, 1.807) is 0 Å². The number of aryl methyl sites for hydroxylation is 2. The first-order valence-corrected chi connectivity index (χ1v) is 7.41. The lowest BCUT2D eigenvalue weighted by Crippen LogP contribution is -2.45. The number of amides is 1. The fourth-order valence-corrected chi connectivity index (χ4v) is 2.42. The summed E-state index contributed by atoms with van der Waals surface area (Å²) in [5.41, 5.74) is 9.72. The van der Waals surface area contributed by atoms with Gasteiger partial charge >= 0.3 is 0 Å². The van der Waals surface area contributed by atoms with Crippen molar-refractivity contribution < 1.29 is 4.79 Å². The summed E-state index contributed by atoms with van der Waals surface area (Å²) in [6.07, 6.45) is 1.56. The van der Waals surface area contributed by atoms with Gasteiger partial charge < -0.3 is 11.1 Å². The highest BCUT2D eigenvalue weighted by Gasteiger charge is 2.17. The Balaban J connectivity index is 0.00000400. The molecule has 1 amide bonds. The van der Waals surface area contributed by atoms with Gasteiger partial charge in [0.05, 0.1) is 6.04 Å². The van der Waals surface area contributed by atoms with Crippen LogP contribution in [0.15, 0.2) is 18.2 Å². The Kier molecular flexibility index (Phi) is 8.60. The third-order valence-corrected chi connectivity index (χ3v) is 3.47. The number of halogens is 1. The van der Waals surface area contributed by atoms with Crippen LogP contribution in [0.2, 0.25) is 0 Å². The van der Waals surface area contributed by atoms with Crippen molar-refractivity contribution in [3.05, 3.63) is 34.9 Å². The molecule has 0 spiro atoms. The number of carbonyl (C=O) groups is 1. The molecule has 0 aromatic heterocycles. The van der Waals surface area contributed by atoms with Crippen molar-refractivity contribution >= 4 is 18.3 Å². The van der Waals surface area contributed by atoms with Crippen LogP contribution in [0.1, 0.15) is 43.9 Å². The lowest BCUT2D eigenvalue weighted by Gasteiger charge is -2.19. The lowest BCUT2D eigenvalue weighted by atomic mass is 9.99. The molecule has 3 N–H and O–H groups in total. The second kappa shape index (κ2) is 9.06. The highest BCUT2D eigenvalue weighted by atomic mass is 35.5. The van der Waals surface area contributed by atoms with Gasteiger partial charge in [-0.25, -0.2) is 0 Å². The highest BCUT2D eigenvalue weighted by molar-refractivity contribution is 5.85. The van der Waals surface area contributed by atoms with Crippen molar-refractivity contribution in [2.75, 3.05) is 0 Å². The second-order valence-corrected chi connectivity index (χ2v) is 6.28. The summed E-state index contributed by atoms with van der Waals surface area (Å²) in [6.45, 7) is 10.4. The Bertz CT molecular complexity index is 460. The monoisotopic (exact) mass is 312 g/mol. The molecule has 4 heteroatoms. The van der Waals surface area contributed by atoms with Gasteiger partial charge in [0, 0.05) is 6.04 Å². The van der Waals surface area contributed by atoms with E-state index in [0.717, 1.165) is 12.8 Å². The zero-order valence-electron chi connectivity index (χ0n) is 13.8. The predicted molar refractivity (Wildman–Crippen MR) is 91.9 cm³/mol. The van der Waals surface area contributed by atoms with Gasteiger partial charge in [-0.3, -0.25) is 4.79 Å². The van der Waals surface area contributed by atoms with Crippen LogP contribution in [0.4, 0.5) is 0 Å². The van der Waals surface area contributed by atoms with Crippen molar-refractivity contribution in [2.45, 2.75) is 59.5 Å². The number of nitrogens with two attached hydrogens (primary N) is 1. The molecule has 0 aliphatic rings. The van der Waals surface area contributed by atoms with Crippen LogP contribution in [-0.4, -0.2) is 18.0 Å². The first kappa shape index (κ1) is 19.9. The molecule has 0 fully saturated rings. The summed E-state index contributed by atoms with van der Waals surface area (Å²) in [7, 11) is 0. The largest absolute Gasteiger partial charge is 0.352 e. The smallest absolute Gasteiger partial charge is 0.237 e. The summed E-state index contributed by atoms with van der Waals surface area (Å²) >= 11 is 0. The van der Waals surface area contributed by atoms with Crippen LogP contribution >= 0.6 is 12.4 Å². The molecule has 0 aliphatic carbocycles. The molecule has 0 saturated carbocycles. The molecule has 0 aliphatic heterocycles. The summed E-state index contributed by atoms with van der Waals surface area (Å²) in [4.78, 5) is 12.0. The Morgan fingerprint density at radius 2 is 1.86 bits per heavy atom. The van der Waals surface area contributed by atoms with Crippen molar-refractivity contribution in [2.24, 2.45) is 11.7 Å². The van der Waals surface area contributed by atoms with Crippen LogP contribution in [0, 0.1) is 19.8 Å². The molecular formula is C17H29ClN2O. The van der Waals surface area contributed by atoms with Crippen LogP contribution in [0.5, 0.6) is 0 Å². The maximum atomic E-state index is 12.0. The third kappa shape index (κ3) is 6.96. The third-order valence-electron chi connectivity index (χ3n) is 3.47. The first-order valence-electron chi connectivity index (χ1n) is 7.41. The Morgan fingerprint density at radius 3 is 2.38 bits per heavy atom. The van der Waals surface area contributed by atoms with Crippen molar-refractivity contribution in [1.29, 1.82) is 0 Å². The number of benzene rings is 1. The van der Waals surface area contributed by atoms with Gasteiger partial charge in [-0.2, -0.15) is 0 Å². The maximum Gasteiger partial charge on any atom is 0.237 e. The molecule has 1 aromatic rings. The molecule has 0 bridgehead atoms. The summed E-state index contributed by atoms with van der Waals surface area (Å²) < 4.78 is 0. The normalized spacial score (nSPS) is 13.5. The topological polar surface area (TPSA) is 55.1 Å². The minimum atomic E-state index is -0.406. The van der Waals surface area contributed by atoms with Gasteiger partial charge in [0.2, 0.25) is 5.91 Å². The van der Waals surface area contributed by atoms with E-state index in [9.17, 15) is 4.79 Å². The van der Waals surface area contributed by atoms with Crippen LogP contribution in [0.3, 0.4) is 0 Å². The summed E-state index contributed by atoms with van der Waals surface area (Å²) in [6, 6.07) is 6.12. The predicted octanol–water partition coefficient (Wildman–Crippen LogP) is 3.15. The minimum absolute atomic E-state index is 0. The number of rotatable bonds is 6. The van der Waals surface area contributed by atoms with E-state index in [-0.39, 0.29) is 24.4 Å². The van der Waals surface area contributed by atoms with E-state index in [1.165, 1.54) is 16.7 Å². The summed E-state index contributed by atoms with van der Waals surface area (Å²) in [5, 5.41) is 3.01. The molecule has 120 valence electrons. The first-order chi connectivity index (χ1) is 9.29. The van der Waals surface area contributed by atoms with Gasteiger partial charge in [0.15, 0.2) is 0 Å². The number of carbonyl (C=O) groups excluding carboxylic acids is 1. The average molecular weight is 313 g/mol. The second-order valence-electron chi connectivity index (χ2n) is 6.28. The van der Waals surface area contributed by atoms with E-state index >= 15 is 0 Å². The fraction of sp³-hybridized carbons (Fsp3) is 0.588. The molecule has 0 radical (unpaired) electrons. The van der Waals surface area contributed by atoms with E-state index < -0.39 is 6.04 Å². The van der Waals surface area contributed by atoms with Gasteiger partial charge in [-0.1, -0.05) is 37.6 Å². The van der Waals surface area contributed by atoms with E-state index in [2.05, 4.69) is 51.2 Å². The van der Waals surface area contributed by atoms with Gasteiger partial charge in [0.1, 0.15) is 0 Å². The lowest BCUT2D eigenvalue weighted by molar-refractivity contribution is -0.123. The molecule has 1 rings (SSSR count). The van der Waals surface area contributed by atoms with E-state index in [1.807, 2.05) is 6.92 Å². The van der Waals surface area contributed by atoms with Gasteiger partial charge in [0.25, 0.3) is 0 Å². The van der Waals surface area contributed by atoms with Crippen molar-refractivity contribution in [3.8, 4) is 0 Å². The molecule has 3 nitrogen and oxygen atoms in total. The Morgan fingerprint density at radius 1 is 1.24 bits per heavy atom. The van der Waals surface area contributed by atoms with Crippen LogP contribution in [0.25, 0.3) is 0 Å². The van der Waals surface area contributed by atoms with E-state index in [4.69, 9.17) is 5.73 Å². The highest BCUT2D eigenvalue weighted by Crippen LogP contribution is 2.13. The van der Waals surface area contributed by atoms with Crippen molar-refractivity contribution in [3.63, 3.8) is 0 Å². The van der Waals surface area contributed by atoms with Gasteiger partial charge in [-0.05, 0) is 50.7 Å². The SMILES string of the molecule is Cc1ccc(CC(C)NC(=O)[C@@H](N)CC(C)C)c(C)c1.Cl. The van der Waals surface area contributed by atoms with Crippen molar-refractivity contribution in [1.82, 2.24) is 5.32 Å². The zero-order valence-corrected chi connectivity index (χ0v) is 14.6. The Labute approximate surface area is 135 Å². The molecule has 21 heavy (non-hydrogen) atoms. The minimum Gasteiger partial charge on any atom is -0.352 e. The fourth-order valence-electron chi connectivity index (χ4n) is 2.42. The standard InChI is InChI=1S/C17H28N2O.ClH/c1-11(2)8-16(18)17(20)19-14(5)10-15-7-6-12(3)9-13(15)4;/h6-7,9,11,14,16H,8,10,18H2,1-5H3,(H,19,20);1H/t14?,16-;/m0./s1. The molecule has 1 unspecified atom stereocenters. The quantitative estimate of drug-likeness (QED) is 0.848. The van der Waals surface area contributed by atoms with Gasteiger partial charge in [-0.15, -0.1) is 12.4 Å². The Hall–Kier alpha value is -1.06. The number of hydrogen-bond acceptors (Lipinski definition) is 2. The molecule has 0 saturated heterocycles. The maximum absolute atomic E-state index is 12.0. The molecule has 2 atom stereocenters. The van der Waals surface area contributed by atoms with E-state index in [0.29, 0.717) is 5.92 Å². The average Bonchev–Trinajstić information content (AvgIpc) is 2.31. The van der Waals surface area contributed by atoms with Crippen LogP contribution in [-0.2, 0) is 11.2 Å². The zero-order chi connectivity index (χ0) is 15.3. The number of hydrogen-bond donors (Lipinski definition) is 2. The number of nitrogens with one attached hydrogen (secondary N) is 1. The molecule has 1 aromatic carbocycles. The molecule has 0 heterocycles. The summed E-state index contributed by atoms with van der Waals surface area (Å²) in [5.74, 6) is 0.390.